The summed E-state index contributed by atoms with van der Waals surface area (Å²) in [6.07, 6.45) is 5.66. The van der Waals surface area contributed by atoms with E-state index in [1.807, 2.05) is 6.07 Å². The molecule has 6 heteroatoms. The second-order valence-corrected chi connectivity index (χ2v) is 7.36. The minimum Gasteiger partial charge on any atom is -0.454 e. The Kier molecular flexibility index (Phi) is 5.60. The van der Waals surface area contributed by atoms with Crippen LogP contribution in [-0.2, 0) is 9.53 Å². The van der Waals surface area contributed by atoms with Crippen LogP contribution in [-0.4, -0.2) is 50.4 Å². The maximum atomic E-state index is 12.6. The van der Waals surface area contributed by atoms with Crippen LogP contribution in [0.2, 0.25) is 0 Å². The number of morpholine rings is 1. The molecule has 1 aliphatic carbocycles. The second kappa shape index (κ2) is 8.27. The van der Waals surface area contributed by atoms with E-state index >= 15 is 0 Å². The molecule has 2 aliphatic heterocycles. The largest absolute Gasteiger partial charge is 0.454 e. The van der Waals surface area contributed by atoms with Gasteiger partial charge in [0.05, 0.1) is 19.3 Å². The number of nitrogens with one attached hydrogen (secondary N) is 1. The molecule has 26 heavy (non-hydrogen) atoms. The zero-order chi connectivity index (χ0) is 17.8. The van der Waals surface area contributed by atoms with Gasteiger partial charge < -0.3 is 19.5 Å². The fraction of sp³-hybridized carbons (Fsp3) is 0.650. The molecule has 0 radical (unpaired) electrons. The summed E-state index contributed by atoms with van der Waals surface area (Å²) in [5.41, 5.74) is 1.15. The third-order valence-electron chi connectivity index (χ3n) is 5.71. The summed E-state index contributed by atoms with van der Waals surface area (Å²) in [5.74, 6) is 1.98. The molecule has 0 unspecified atom stereocenters. The van der Waals surface area contributed by atoms with E-state index in [9.17, 15) is 4.79 Å². The number of rotatable bonds is 5. The Bertz CT molecular complexity index is 624. The van der Waals surface area contributed by atoms with Gasteiger partial charge in [0.1, 0.15) is 0 Å². The molecule has 1 N–H and O–H groups in total. The van der Waals surface area contributed by atoms with Gasteiger partial charge in [-0.05, 0) is 30.5 Å². The first-order chi connectivity index (χ1) is 12.8. The summed E-state index contributed by atoms with van der Waals surface area (Å²) in [5, 5.41) is 3.22. The third-order valence-corrected chi connectivity index (χ3v) is 5.71. The van der Waals surface area contributed by atoms with Crippen LogP contribution < -0.4 is 14.8 Å². The van der Waals surface area contributed by atoms with E-state index in [0.29, 0.717) is 6.54 Å². The maximum absolute atomic E-state index is 12.6. The van der Waals surface area contributed by atoms with E-state index in [2.05, 4.69) is 22.3 Å². The fourth-order valence-electron chi connectivity index (χ4n) is 4.17. The lowest BCUT2D eigenvalue weighted by Crippen LogP contribution is -2.44. The first-order valence-electron chi connectivity index (χ1n) is 9.80. The predicted octanol–water partition coefficient (Wildman–Crippen LogP) is 2.49. The monoisotopic (exact) mass is 360 g/mol. The number of carbonyl (C=O) groups is 1. The van der Waals surface area contributed by atoms with Gasteiger partial charge in [-0.2, -0.15) is 0 Å². The highest BCUT2D eigenvalue weighted by Gasteiger charge is 2.27. The molecule has 1 saturated heterocycles. The minimum atomic E-state index is 0.126. The van der Waals surface area contributed by atoms with Crippen LogP contribution >= 0.6 is 0 Å². The lowest BCUT2D eigenvalue weighted by Gasteiger charge is -2.35. The summed E-state index contributed by atoms with van der Waals surface area (Å²) in [4.78, 5) is 15.0. The van der Waals surface area contributed by atoms with Gasteiger partial charge in [-0.3, -0.25) is 9.69 Å². The number of amides is 1. The van der Waals surface area contributed by atoms with Gasteiger partial charge in [-0.25, -0.2) is 0 Å². The van der Waals surface area contributed by atoms with Crippen molar-refractivity contribution in [2.24, 2.45) is 5.92 Å². The minimum absolute atomic E-state index is 0.126. The van der Waals surface area contributed by atoms with Gasteiger partial charge in [-0.1, -0.05) is 25.3 Å². The Morgan fingerprint density at radius 3 is 2.69 bits per heavy atom. The fourth-order valence-corrected chi connectivity index (χ4v) is 4.17. The zero-order valence-electron chi connectivity index (χ0n) is 15.2. The molecular weight excluding hydrogens is 332 g/mol. The van der Waals surface area contributed by atoms with Gasteiger partial charge in [0.25, 0.3) is 0 Å². The molecule has 2 fully saturated rings. The van der Waals surface area contributed by atoms with E-state index in [1.165, 1.54) is 19.3 Å². The molecule has 0 bridgehead atoms. The van der Waals surface area contributed by atoms with Crippen LogP contribution in [0.1, 0.15) is 43.7 Å². The normalized spacial score (nSPS) is 22.2. The van der Waals surface area contributed by atoms with Crippen LogP contribution in [0.4, 0.5) is 0 Å². The SMILES string of the molecule is O=C(NC[C@@H](c1ccc2c(c1)OCO2)N1CCOCC1)C1CCCCC1. The van der Waals surface area contributed by atoms with Crippen LogP contribution in [0, 0.1) is 5.92 Å². The number of ether oxygens (including phenoxy) is 3. The summed E-state index contributed by atoms with van der Waals surface area (Å²) in [6.45, 7) is 4.11. The summed E-state index contributed by atoms with van der Waals surface area (Å²) < 4.78 is 16.5. The third kappa shape index (κ3) is 3.96. The van der Waals surface area contributed by atoms with Crippen LogP contribution in [0.15, 0.2) is 18.2 Å². The highest BCUT2D eigenvalue weighted by Crippen LogP contribution is 2.35. The van der Waals surface area contributed by atoms with Gasteiger partial charge in [0.2, 0.25) is 12.7 Å². The summed E-state index contributed by atoms with van der Waals surface area (Å²) in [6, 6.07) is 6.23. The average Bonchev–Trinajstić information content (AvgIpc) is 3.17. The molecule has 4 rings (SSSR count). The molecule has 1 amide bonds. The molecule has 1 atom stereocenters. The molecule has 1 aromatic rings. The lowest BCUT2D eigenvalue weighted by atomic mass is 9.88. The van der Waals surface area contributed by atoms with Gasteiger partial charge >= 0.3 is 0 Å². The Balaban J connectivity index is 1.46. The molecule has 0 spiro atoms. The van der Waals surface area contributed by atoms with Gasteiger partial charge in [-0.15, -0.1) is 0 Å². The van der Waals surface area contributed by atoms with Gasteiger partial charge in [0, 0.05) is 25.6 Å². The van der Waals surface area contributed by atoms with Crippen LogP contribution in [0.25, 0.3) is 0 Å². The zero-order valence-corrected chi connectivity index (χ0v) is 15.2. The summed E-state index contributed by atoms with van der Waals surface area (Å²) >= 11 is 0. The molecule has 1 saturated carbocycles. The van der Waals surface area contributed by atoms with Crippen LogP contribution in [0.5, 0.6) is 11.5 Å². The number of nitrogens with zero attached hydrogens (tertiary/aromatic N) is 1. The number of carbonyl (C=O) groups excluding carboxylic acids is 1. The van der Waals surface area contributed by atoms with Crippen molar-refractivity contribution in [3.05, 3.63) is 23.8 Å². The van der Waals surface area contributed by atoms with E-state index in [1.54, 1.807) is 0 Å². The number of hydrogen-bond donors (Lipinski definition) is 1. The standard InChI is InChI=1S/C20H28N2O4/c23-20(15-4-2-1-3-5-15)21-13-17(22-8-10-24-11-9-22)16-6-7-18-19(12-16)26-14-25-18/h6-7,12,15,17H,1-5,8-11,13-14H2,(H,21,23)/t17-/m0/s1. The van der Waals surface area contributed by atoms with Crippen molar-refractivity contribution in [2.75, 3.05) is 39.6 Å². The van der Waals surface area contributed by atoms with Crippen molar-refractivity contribution in [3.63, 3.8) is 0 Å². The van der Waals surface area contributed by atoms with Crippen molar-refractivity contribution in [1.29, 1.82) is 0 Å². The molecule has 142 valence electrons. The highest BCUT2D eigenvalue weighted by molar-refractivity contribution is 5.78. The molecular formula is C20H28N2O4. The van der Waals surface area contributed by atoms with Crippen molar-refractivity contribution < 1.29 is 19.0 Å². The van der Waals surface area contributed by atoms with Gasteiger partial charge in [0.15, 0.2) is 11.5 Å². The first-order valence-corrected chi connectivity index (χ1v) is 9.80. The van der Waals surface area contributed by atoms with E-state index in [-0.39, 0.29) is 24.7 Å². The van der Waals surface area contributed by atoms with Crippen LogP contribution in [0.3, 0.4) is 0 Å². The van der Waals surface area contributed by atoms with E-state index < -0.39 is 0 Å². The average molecular weight is 360 g/mol. The highest BCUT2D eigenvalue weighted by atomic mass is 16.7. The molecule has 6 nitrogen and oxygen atoms in total. The Morgan fingerprint density at radius 1 is 1.12 bits per heavy atom. The maximum Gasteiger partial charge on any atom is 0.231 e. The Morgan fingerprint density at radius 2 is 1.88 bits per heavy atom. The van der Waals surface area contributed by atoms with Crippen molar-refractivity contribution >= 4 is 5.91 Å². The molecule has 3 aliphatic rings. The van der Waals surface area contributed by atoms with E-state index in [0.717, 1.165) is 56.2 Å². The topological polar surface area (TPSA) is 60.0 Å². The number of hydrogen-bond acceptors (Lipinski definition) is 5. The molecule has 0 aromatic heterocycles. The number of benzene rings is 1. The van der Waals surface area contributed by atoms with Crippen molar-refractivity contribution in [2.45, 2.75) is 38.1 Å². The first kappa shape index (κ1) is 17.6. The quantitative estimate of drug-likeness (QED) is 0.874. The Labute approximate surface area is 154 Å². The van der Waals surface area contributed by atoms with Crippen molar-refractivity contribution in [3.8, 4) is 11.5 Å². The Hall–Kier alpha value is -1.79. The second-order valence-electron chi connectivity index (χ2n) is 7.36. The lowest BCUT2D eigenvalue weighted by molar-refractivity contribution is -0.126. The molecule has 1 aromatic carbocycles. The van der Waals surface area contributed by atoms with E-state index in [4.69, 9.17) is 14.2 Å². The smallest absolute Gasteiger partial charge is 0.231 e. The number of fused-ring (bicyclic) bond motifs is 1. The molecule has 2 heterocycles. The van der Waals surface area contributed by atoms with Crippen molar-refractivity contribution in [1.82, 2.24) is 10.2 Å². The summed E-state index contributed by atoms with van der Waals surface area (Å²) in [7, 11) is 0. The predicted molar refractivity (Wildman–Crippen MR) is 97.3 cm³/mol.